The first kappa shape index (κ1) is 19.2. The SMILES string of the molecule is C[C@@H](CC[C@H]1OC(=O)c2ccccc21)O[C@@H]1O[C@H](CO)[C@@H](O)[C@H](O)[C@H]1O. The summed E-state index contributed by atoms with van der Waals surface area (Å²) in [6.45, 7) is 1.26. The Kier molecular flexibility index (Phi) is 5.91. The quantitative estimate of drug-likeness (QED) is 0.512. The number of hydrogen-bond acceptors (Lipinski definition) is 8. The van der Waals surface area contributed by atoms with Crippen LogP contribution >= 0.6 is 0 Å². The van der Waals surface area contributed by atoms with E-state index in [4.69, 9.17) is 14.2 Å². The van der Waals surface area contributed by atoms with E-state index >= 15 is 0 Å². The van der Waals surface area contributed by atoms with Crippen LogP contribution < -0.4 is 0 Å². The molecule has 0 aromatic heterocycles. The van der Waals surface area contributed by atoms with Crippen molar-refractivity contribution in [1.82, 2.24) is 0 Å². The first-order chi connectivity index (χ1) is 12.4. The van der Waals surface area contributed by atoms with Crippen molar-refractivity contribution in [3.05, 3.63) is 35.4 Å². The Balaban J connectivity index is 1.55. The van der Waals surface area contributed by atoms with Crippen molar-refractivity contribution >= 4 is 5.97 Å². The van der Waals surface area contributed by atoms with Crippen molar-refractivity contribution < 1.29 is 39.4 Å². The fourth-order valence-electron chi connectivity index (χ4n) is 3.30. The highest BCUT2D eigenvalue weighted by Gasteiger charge is 2.44. The molecule has 1 fully saturated rings. The van der Waals surface area contributed by atoms with Crippen molar-refractivity contribution in [2.75, 3.05) is 6.61 Å². The van der Waals surface area contributed by atoms with Gasteiger partial charge in [0.1, 0.15) is 30.5 Å². The van der Waals surface area contributed by atoms with Crippen molar-refractivity contribution in [3.63, 3.8) is 0 Å². The summed E-state index contributed by atoms with van der Waals surface area (Å²) in [4.78, 5) is 11.8. The Morgan fingerprint density at radius 2 is 1.88 bits per heavy atom. The van der Waals surface area contributed by atoms with E-state index in [0.717, 1.165) is 5.56 Å². The predicted molar refractivity (Wildman–Crippen MR) is 88.1 cm³/mol. The maximum atomic E-state index is 11.8. The van der Waals surface area contributed by atoms with Gasteiger partial charge in [0.05, 0.1) is 18.3 Å². The summed E-state index contributed by atoms with van der Waals surface area (Å²) < 4.78 is 16.3. The van der Waals surface area contributed by atoms with Gasteiger partial charge in [0, 0.05) is 5.56 Å². The third-order valence-electron chi connectivity index (χ3n) is 4.83. The first-order valence-corrected chi connectivity index (χ1v) is 8.68. The molecule has 0 unspecified atom stereocenters. The van der Waals surface area contributed by atoms with Crippen molar-refractivity contribution in [2.24, 2.45) is 0 Å². The Bertz CT molecular complexity index is 633. The predicted octanol–water partition coefficient (Wildman–Crippen LogP) is -0.117. The van der Waals surface area contributed by atoms with Gasteiger partial charge in [-0.25, -0.2) is 4.79 Å². The summed E-state index contributed by atoms with van der Waals surface area (Å²) in [6.07, 6.45) is -6.17. The molecule has 2 aliphatic heterocycles. The van der Waals surface area contributed by atoms with Gasteiger partial charge < -0.3 is 34.6 Å². The summed E-state index contributed by atoms with van der Waals surface area (Å²) in [5.74, 6) is -0.340. The third kappa shape index (κ3) is 3.75. The van der Waals surface area contributed by atoms with Gasteiger partial charge in [-0.15, -0.1) is 0 Å². The lowest BCUT2D eigenvalue weighted by Crippen LogP contribution is -2.59. The number of ether oxygens (including phenoxy) is 3. The van der Waals surface area contributed by atoms with Crippen molar-refractivity contribution in [2.45, 2.75) is 62.7 Å². The molecular formula is C18H24O8. The number of cyclic esters (lactones) is 1. The van der Waals surface area contributed by atoms with Gasteiger partial charge in [-0.1, -0.05) is 18.2 Å². The van der Waals surface area contributed by atoms with Crippen molar-refractivity contribution in [3.8, 4) is 0 Å². The summed E-state index contributed by atoms with van der Waals surface area (Å²) >= 11 is 0. The molecule has 0 radical (unpaired) electrons. The molecule has 1 saturated heterocycles. The van der Waals surface area contributed by atoms with Gasteiger partial charge in [0.25, 0.3) is 0 Å². The van der Waals surface area contributed by atoms with Crippen molar-refractivity contribution in [1.29, 1.82) is 0 Å². The minimum atomic E-state index is -1.47. The third-order valence-corrected chi connectivity index (χ3v) is 4.83. The molecule has 1 aromatic carbocycles. The fourth-order valence-corrected chi connectivity index (χ4v) is 3.30. The summed E-state index contributed by atoms with van der Waals surface area (Å²) in [5, 5.41) is 38.8. The molecule has 8 heteroatoms. The largest absolute Gasteiger partial charge is 0.454 e. The van der Waals surface area contributed by atoms with E-state index in [0.29, 0.717) is 18.4 Å². The average molecular weight is 368 g/mol. The zero-order valence-electron chi connectivity index (χ0n) is 14.4. The summed E-state index contributed by atoms with van der Waals surface area (Å²) in [6, 6.07) is 7.22. The maximum Gasteiger partial charge on any atom is 0.339 e. The second-order valence-electron chi connectivity index (χ2n) is 6.70. The van der Waals surface area contributed by atoms with Gasteiger partial charge in [-0.2, -0.15) is 0 Å². The van der Waals surface area contributed by atoms with Gasteiger partial charge >= 0.3 is 5.97 Å². The number of fused-ring (bicyclic) bond motifs is 1. The topological polar surface area (TPSA) is 126 Å². The van der Waals surface area contributed by atoms with Crippen LogP contribution in [0.5, 0.6) is 0 Å². The lowest BCUT2D eigenvalue weighted by Gasteiger charge is -2.40. The number of aliphatic hydroxyl groups is 4. The minimum Gasteiger partial charge on any atom is -0.454 e. The highest BCUT2D eigenvalue weighted by atomic mass is 16.7. The van der Waals surface area contributed by atoms with E-state index in [1.165, 1.54) is 0 Å². The number of esters is 1. The molecule has 7 atom stereocenters. The van der Waals surface area contributed by atoms with E-state index in [9.17, 15) is 25.2 Å². The van der Waals surface area contributed by atoms with E-state index in [1.807, 2.05) is 12.1 Å². The minimum absolute atomic E-state index is 0.340. The van der Waals surface area contributed by atoms with Crippen LogP contribution in [-0.4, -0.2) is 69.8 Å². The van der Waals surface area contributed by atoms with Gasteiger partial charge in [0.15, 0.2) is 6.29 Å². The lowest BCUT2D eigenvalue weighted by atomic mass is 9.99. The van der Waals surface area contributed by atoms with Crippen LogP contribution in [0.1, 0.15) is 41.8 Å². The van der Waals surface area contributed by atoms with Crippen LogP contribution in [0.2, 0.25) is 0 Å². The van der Waals surface area contributed by atoms with Crippen LogP contribution in [0.4, 0.5) is 0 Å². The molecule has 0 aliphatic carbocycles. The van der Waals surface area contributed by atoms with Gasteiger partial charge in [0.2, 0.25) is 0 Å². The number of carbonyl (C=O) groups is 1. The Morgan fingerprint density at radius 1 is 1.15 bits per heavy atom. The number of carbonyl (C=O) groups excluding carboxylic acids is 1. The zero-order valence-corrected chi connectivity index (χ0v) is 14.4. The Hall–Kier alpha value is -1.55. The average Bonchev–Trinajstić information content (AvgIpc) is 2.97. The summed E-state index contributed by atoms with van der Waals surface area (Å²) in [5.41, 5.74) is 1.41. The van der Waals surface area contributed by atoms with Crippen LogP contribution in [0.3, 0.4) is 0 Å². The molecule has 144 valence electrons. The monoisotopic (exact) mass is 368 g/mol. The molecule has 2 heterocycles. The molecule has 2 aliphatic rings. The number of benzene rings is 1. The first-order valence-electron chi connectivity index (χ1n) is 8.68. The van der Waals surface area contributed by atoms with Crippen LogP contribution in [0.25, 0.3) is 0 Å². The Morgan fingerprint density at radius 3 is 2.62 bits per heavy atom. The fraction of sp³-hybridized carbons (Fsp3) is 0.611. The zero-order chi connectivity index (χ0) is 18.8. The number of hydrogen-bond donors (Lipinski definition) is 4. The maximum absolute atomic E-state index is 11.8. The second kappa shape index (κ2) is 7.99. The van der Waals surface area contributed by atoms with Gasteiger partial charge in [-0.3, -0.25) is 0 Å². The van der Waals surface area contributed by atoms with E-state index < -0.39 is 37.3 Å². The van der Waals surface area contributed by atoms with E-state index in [-0.39, 0.29) is 18.2 Å². The molecule has 1 aromatic rings. The molecule has 0 bridgehead atoms. The molecule has 8 nitrogen and oxygen atoms in total. The molecule has 26 heavy (non-hydrogen) atoms. The lowest BCUT2D eigenvalue weighted by molar-refractivity contribution is -0.310. The second-order valence-corrected chi connectivity index (χ2v) is 6.70. The van der Waals surface area contributed by atoms with E-state index in [1.54, 1.807) is 19.1 Å². The smallest absolute Gasteiger partial charge is 0.339 e. The molecule has 0 spiro atoms. The number of aliphatic hydroxyl groups excluding tert-OH is 4. The van der Waals surface area contributed by atoms with Crippen LogP contribution in [0, 0.1) is 0 Å². The number of rotatable bonds is 6. The summed E-state index contributed by atoms with van der Waals surface area (Å²) in [7, 11) is 0. The highest BCUT2D eigenvalue weighted by molar-refractivity contribution is 5.93. The Labute approximate surface area is 150 Å². The highest BCUT2D eigenvalue weighted by Crippen LogP contribution is 2.34. The molecule has 0 saturated carbocycles. The van der Waals surface area contributed by atoms with Gasteiger partial charge in [-0.05, 0) is 25.8 Å². The molecule has 3 rings (SSSR count). The van der Waals surface area contributed by atoms with E-state index in [2.05, 4.69) is 0 Å². The molecule has 4 N–H and O–H groups in total. The normalized spacial score (nSPS) is 35.0. The molecular weight excluding hydrogens is 344 g/mol. The van der Waals surface area contributed by atoms with Crippen LogP contribution in [-0.2, 0) is 14.2 Å². The standard InChI is InChI=1S/C18H24O8/c1-9(24-18-16(22)15(21)14(20)13(8-19)26-18)6-7-12-10-4-2-3-5-11(10)17(23)25-12/h2-5,9,12-16,18-22H,6-8H2,1H3/t9-,12+,13+,14+,15-,16+,18+/m0/s1. The van der Waals surface area contributed by atoms with Crippen LogP contribution in [0.15, 0.2) is 24.3 Å². The molecule has 0 amide bonds.